The van der Waals surface area contributed by atoms with Crippen LogP contribution in [0.25, 0.3) is 0 Å². The van der Waals surface area contributed by atoms with Crippen molar-refractivity contribution < 1.29 is 8.42 Å². The smallest absolute Gasteiger partial charge is 0.265 e. The summed E-state index contributed by atoms with van der Waals surface area (Å²) in [6.07, 6.45) is 1.69. The van der Waals surface area contributed by atoms with Crippen LogP contribution < -0.4 is 9.86 Å². The van der Waals surface area contributed by atoms with Gasteiger partial charge in [-0.05, 0) is 6.26 Å². The van der Waals surface area contributed by atoms with Gasteiger partial charge < -0.3 is 0 Å². The summed E-state index contributed by atoms with van der Waals surface area (Å²) in [5.74, 6) is 0. The first-order chi connectivity index (χ1) is 4.49. The molecular weight excluding hydrogens is 174 g/mol. The first-order valence-electron chi connectivity index (χ1n) is 2.31. The molecule has 0 aromatic carbocycles. The highest BCUT2D eigenvalue weighted by Crippen LogP contribution is 1.93. The Bertz CT molecular complexity index is 220. The molecule has 0 heterocycles. The van der Waals surface area contributed by atoms with Gasteiger partial charge in [0.05, 0.1) is 0 Å². The number of nitrogens with zero attached hydrogens (tertiary/aromatic N) is 1. The Morgan fingerprint density at radius 2 is 2.20 bits per heavy atom. The Labute approximate surface area is 64.3 Å². The second-order valence-electron chi connectivity index (χ2n) is 1.38. The van der Waals surface area contributed by atoms with E-state index in [1.807, 2.05) is 4.72 Å². The van der Waals surface area contributed by atoms with Crippen LogP contribution in [0, 0.1) is 0 Å². The van der Waals surface area contributed by atoms with E-state index in [2.05, 4.69) is 10.1 Å². The Morgan fingerprint density at radius 3 is 2.30 bits per heavy atom. The molecule has 0 radical (unpaired) electrons. The Kier molecular flexibility index (Phi) is 3.69. The van der Waals surface area contributed by atoms with E-state index in [9.17, 15) is 8.42 Å². The highest BCUT2D eigenvalue weighted by Gasteiger charge is 2.02. The lowest BCUT2D eigenvalue weighted by Crippen LogP contribution is -2.34. The average molecular weight is 183 g/mol. The van der Waals surface area contributed by atoms with E-state index in [1.165, 1.54) is 18.8 Å². The lowest BCUT2D eigenvalue weighted by molar-refractivity contribution is 0.594. The van der Waals surface area contributed by atoms with Crippen molar-refractivity contribution >= 4 is 27.1 Å². The molecule has 10 heavy (non-hydrogen) atoms. The Balaban J connectivity index is 4.16. The van der Waals surface area contributed by atoms with Gasteiger partial charge in [-0.15, -0.1) is 0 Å². The summed E-state index contributed by atoms with van der Waals surface area (Å²) in [6.45, 7) is 0. The normalized spacial score (nSPS) is 13.3. The number of thioether (sulfide) groups is 1. The molecular formula is C3H9N3O2S2. The van der Waals surface area contributed by atoms with Crippen molar-refractivity contribution in [2.24, 2.45) is 10.1 Å². The minimum absolute atomic E-state index is 0.280. The number of hydrogen-bond donors (Lipinski definition) is 2. The molecule has 0 aromatic rings. The van der Waals surface area contributed by atoms with E-state index >= 15 is 0 Å². The predicted octanol–water partition coefficient (Wildman–Crippen LogP) is -0.872. The molecule has 5 nitrogen and oxygen atoms in total. The lowest BCUT2D eigenvalue weighted by Gasteiger charge is -2.01. The molecule has 3 N–H and O–H groups in total. The van der Waals surface area contributed by atoms with Crippen molar-refractivity contribution in [2.75, 3.05) is 13.3 Å². The number of nitrogens with one attached hydrogen (secondary N) is 1. The van der Waals surface area contributed by atoms with Gasteiger partial charge in [0.1, 0.15) is 0 Å². The van der Waals surface area contributed by atoms with E-state index in [4.69, 9.17) is 0 Å². The zero-order chi connectivity index (χ0) is 8.20. The SMILES string of the molecule is CN=C(NS(N)(=O)=O)SC. The van der Waals surface area contributed by atoms with E-state index in [1.54, 1.807) is 6.26 Å². The minimum Gasteiger partial charge on any atom is -0.265 e. The molecule has 0 atom stereocenters. The summed E-state index contributed by atoms with van der Waals surface area (Å²) in [6, 6.07) is 0. The molecule has 0 unspecified atom stereocenters. The van der Waals surface area contributed by atoms with Crippen molar-refractivity contribution in [3.05, 3.63) is 0 Å². The number of aliphatic imine (C=N–C) groups is 1. The summed E-state index contributed by atoms with van der Waals surface area (Å²) in [4.78, 5) is 3.60. The number of amidine groups is 1. The van der Waals surface area contributed by atoms with Crippen LogP contribution in [-0.4, -0.2) is 26.9 Å². The van der Waals surface area contributed by atoms with Gasteiger partial charge >= 0.3 is 0 Å². The molecule has 0 amide bonds. The van der Waals surface area contributed by atoms with Crippen molar-refractivity contribution in [3.8, 4) is 0 Å². The molecule has 60 valence electrons. The highest BCUT2D eigenvalue weighted by atomic mass is 32.2. The molecule has 7 heteroatoms. The molecule has 0 bridgehead atoms. The van der Waals surface area contributed by atoms with Crippen molar-refractivity contribution in [2.45, 2.75) is 0 Å². The molecule has 0 aromatic heterocycles. The zero-order valence-electron chi connectivity index (χ0n) is 5.66. The Hall–Kier alpha value is -0.270. The molecule has 0 saturated carbocycles. The van der Waals surface area contributed by atoms with Crippen molar-refractivity contribution in [1.29, 1.82) is 0 Å². The summed E-state index contributed by atoms with van der Waals surface area (Å²) in [5.41, 5.74) is 0. The van der Waals surface area contributed by atoms with Crippen LogP contribution in [0.5, 0.6) is 0 Å². The van der Waals surface area contributed by atoms with Crippen LogP contribution in [0.1, 0.15) is 0 Å². The molecule has 0 aliphatic carbocycles. The second-order valence-corrected chi connectivity index (χ2v) is 3.47. The van der Waals surface area contributed by atoms with Gasteiger partial charge in [-0.2, -0.15) is 8.42 Å². The minimum atomic E-state index is -3.65. The fourth-order valence-electron chi connectivity index (χ4n) is 0.300. The third kappa shape index (κ3) is 4.59. The lowest BCUT2D eigenvalue weighted by atomic mass is 11.2. The van der Waals surface area contributed by atoms with E-state index < -0.39 is 10.2 Å². The number of nitrogens with two attached hydrogens (primary N) is 1. The van der Waals surface area contributed by atoms with Gasteiger partial charge in [0.15, 0.2) is 5.17 Å². The second kappa shape index (κ2) is 3.79. The molecule has 0 saturated heterocycles. The van der Waals surface area contributed by atoms with Crippen molar-refractivity contribution in [3.63, 3.8) is 0 Å². The zero-order valence-corrected chi connectivity index (χ0v) is 7.29. The van der Waals surface area contributed by atoms with Crippen molar-refractivity contribution in [1.82, 2.24) is 4.72 Å². The monoisotopic (exact) mass is 183 g/mol. The van der Waals surface area contributed by atoms with Crippen LogP contribution in [-0.2, 0) is 10.2 Å². The van der Waals surface area contributed by atoms with E-state index in [-0.39, 0.29) is 5.17 Å². The fourth-order valence-corrected chi connectivity index (χ4v) is 1.50. The summed E-state index contributed by atoms with van der Waals surface area (Å²) >= 11 is 1.18. The maximum Gasteiger partial charge on any atom is 0.298 e. The first-order valence-corrected chi connectivity index (χ1v) is 5.08. The van der Waals surface area contributed by atoms with Crippen LogP contribution in [0.15, 0.2) is 4.99 Å². The van der Waals surface area contributed by atoms with E-state index in [0.717, 1.165) is 0 Å². The third-order valence-electron chi connectivity index (χ3n) is 0.626. The predicted molar refractivity (Wildman–Crippen MR) is 43.1 cm³/mol. The molecule has 0 spiro atoms. The van der Waals surface area contributed by atoms with Crippen LogP contribution in [0.2, 0.25) is 0 Å². The number of hydrogen-bond acceptors (Lipinski definition) is 4. The maximum absolute atomic E-state index is 10.3. The summed E-state index contributed by atoms with van der Waals surface area (Å²) in [7, 11) is -2.17. The fraction of sp³-hybridized carbons (Fsp3) is 0.667. The standard InChI is InChI=1S/C3H9N3O2S2/c1-5-3(9-2)6-10(4,7)8/h1-2H3,(H,5,6)(H2,4,7,8). The maximum atomic E-state index is 10.3. The van der Waals surface area contributed by atoms with Crippen LogP contribution in [0.3, 0.4) is 0 Å². The van der Waals surface area contributed by atoms with Gasteiger partial charge in [0, 0.05) is 7.05 Å². The molecule has 0 aliphatic rings. The molecule has 0 aliphatic heterocycles. The number of rotatable bonds is 1. The van der Waals surface area contributed by atoms with Gasteiger partial charge in [-0.25, -0.2) is 9.86 Å². The first kappa shape index (κ1) is 9.73. The summed E-state index contributed by atoms with van der Waals surface area (Å²) < 4.78 is 22.7. The van der Waals surface area contributed by atoms with Crippen LogP contribution in [0.4, 0.5) is 0 Å². The molecule has 0 fully saturated rings. The topological polar surface area (TPSA) is 84.5 Å². The third-order valence-corrected chi connectivity index (χ3v) is 1.90. The van der Waals surface area contributed by atoms with Gasteiger partial charge in [-0.1, -0.05) is 11.8 Å². The highest BCUT2D eigenvalue weighted by molar-refractivity contribution is 8.14. The van der Waals surface area contributed by atoms with Crippen LogP contribution >= 0.6 is 11.8 Å². The summed E-state index contributed by atoms with van der Waals surface area (Å²) in [5, 5.41) is 4.93. The Morgan fingerprint density at radius 1 is 1.70 bits per heavy atom. The average Bonchev–Trinajstić information content (AvgIpc) is 1.81. The quantitative estimate of drug-likeness (QED) is 0.409. The van der Waals surface area contributed by atoms with Gasteiger partial charge in [0.2, 0.25) is 0 Å². The van der Waals surface area contributed by atoms with E-state index in [0.29, 0.717) is 0 Å². The molecule has 0 rings (SSSR count). The van der Waals surface area contributed by atoms with Gasteiger partial charge in [0.25, 0.3) is 10.2 Å². The van der Waals surface area contributed by atoms with Gasteiger partial charge in [-0.3, -0.25) is 4.99 Å². The largest absolute Gasteiger partial charge is 0.298 e.